The van der Waals surface area contributed by atoms with Crippen LogP contribution in [-0.2, 0) is 20.0 Å². The molecule has 26 heavy (non-hydrogen) atoms. The molecule has 1 aliphatic heterocycles. The van der Waals surface area contributed by atoms with Crippen LogP contribution in [0, 0.1) is 6.92 Å². The van der Waals surface area contributed by atoms with Crippen molar-refractivity contribution < 1.29 is 5.11 Å². The van der Waals surface area contributed by atoms with E-state index in [1.165, 1.54) is 0 Å². The zero-order chi connectivity index (χ0) is 18.7. The molecule has 142 valence electrons. The number of hydrogen-bond acceptors (Lipinski definition) is 5. The zero-order valence-corrected chi connectivity index (χ0v) is 16.5. The molecule has 0 bridgehead atoms. The number of aromatic nitrogens is 3. The summed E-state index contributed by atoms with van der Waals surface area (Å²) >= 11 is 6.35. The zero-order valence-electron chi connectivity index (χ0n) is 15.8. The number of aliphatic hydroxyl groups excluding tert-OH is 1. The molecule has 0 saturated carbocycles. The smallest absolute Gasteiger partial charge is 0.131 e. The van der Waals surface area contributed by atoms with E-state index >= 15 is 0 Å². The molecule has 2 aromatic rings. The summed E-state index contributed by atoms with van der Waals surface area (Å²) in [5, 5.41) is 15.7. The van der Waals surface area contributed by atoms with Crippen molar-refractivity contribution in [3.05, 3.63) is 46.5 Å². The number of piperidine rings is 1. The average Bonchev–Trinajstić information content (AvgIpc) is 2.87. The maximum Gasteiger partial charge on any atom is 0.131 e. The van der Waals surface area contributed by atoms with Crippen molar-refractivity contribution >= 4 is 11.6 Å². The van der Waals surface area contributed by atoms with E-state index in [9.17, 15) is 5.11 Å². The van der Waals surface area contributed by atoms with Gasteiger partial charge in [-0.1, -0.05) is 17.7 Å². The van der Waals surface area contributed by atoms with Crippen LogP contribution >= 0.6 is 11.6 Å². The molecular formula is C19H28ClN5O. The Bertz CT molecular complexity index is 720. The summed E-state index contributed by atoms with van der Waals surface area (Å²) in [6, 6.07) is 6.18. The van der Waals surface area contributed by atoms with E-state index in [4.69, 9.17) is 11.6 Å². The van der Waals surface area contributed by atoms with Crippen molar-refractivity contribution in [1.29, 1.82) is 0 Å². The Kier molecular flexibility index (Phi) is 6.29. The van der Waals surface area contributed by atoms with E-state index < -0.39 is 0 Å². The third-order valence-electron chi connectivity index (χ3n) is 5.30. The molecule has 0 radical (unpaired) electrons. The summed E-state index contributed by atoms with van der Waals surface area (Å²) in [4.78, 5) is 8.90. The second-order valence-electron chi connectivity index (χ2n) is 7.19. The maximum atomic E-state index is 10.7. The van der Waals surface area contributed by atoms with E-state index in [2.05, 4.69) is 26.9 Å². The van der Waals surface area contributed by atoms with Gasteiger partial charge in [0, 0.05) is 63.1 Å². The van der Waals surface area contributed by atoms with Gasteiger partial charge in [-0.15, -0.1) is 0 Å². The van der Waals surface area contributed by atoms with E-state index in [-0.39, 0.29) is 12.1 Å². The van der Waals surface area contributed by atoms with E-state index in [0.717, 1.165) is 49.4 Å². The first kappa shape index (κ1) is 19.3. The lowest BCUT2D eigenvalue weighted by molar-refractivity contribution is -0.00624. The number of pyridine rings is 1. The lowest BCUT2D eigenvalue weighted by Crippen LogP contribution is -2.53. The molecule has 0 aromatic carbocycles. The van der Waals surface area contributed by atoms with Crippen LogP contribution in [0.15, 0.2) is 24.4 Å². The van der Waals surface area contributed by atoms with Crippen LogP contribution < -0.4 is 0 Å². The van der Waals surface area contributed by atoms with Crippen molar-refractivity contribution in [2.24, 2.45) is 7.05 Å². The molecular weight excluding hydrogens is 350 g/mol. The highest BCUT2D eigenvalue weighted by molar-refractivity contribution is 6.30. The minimum Gasteiger partial charge on any atom is -0.390 e. The van der Waals surface area contributed by atoms with Crippen LogP contribution in [0.25, 0.3) is 0 Å². The van der Waals surface area contributed by atoms with Gasteiger partial charge in [-0.25, -0.2) is 0 Å². The summed E-state index contributed by atoms with van der Waals surface area (Å²) in [7, 11) is 3.95. The second kappa shape index (κ2) is 8.48. The van der Waals surface area contributed by atoms with Crippen molar-refractivity contribution in [3.8, 4) is 0 Å². The number of likely N-dealkylation sites (N-methyl/N-ethyl adjacent to an activating group) is 1. The molecule has 1 fully saturated rings. The molecule has 0 aliphatic carbocycles. The Labute approximate surface area is 160 Å². The van der Waals surface area contributed by atoms with Gasteiger partial charge in [0.1, 0.15) is 5.15 Å². The normalized spacial score (nSPS) is 21.5. The van der Waals surface area contributed by atoms with Crippen LogP contribution in [0.4, 0.5) is 0 Å². The third kappa shape index (κ3) is 4.43. The average molecular weight is 378 g/mol. The van der Waals surface area contributed by atoms with Crippen molar-refractivity contribution in [1.82, 2.24) is 24.6 Å². The molecule has 2 aromatic heterocycles. The number of aliphatic hydroxyl groups is 1. The number of β-amino-alcohol motifs (C(OH)–C–C–N with tert-alkyl or cyclic N) is 1. The molecule has 6 nitrogen and oxygen atoms in total. The van der Waals surface area contributed by atoms with Gasteiger partial charge in [0.05, 0.1) is 11.8 Å². The standard InChI is InChI=1S/C19H28ClN5O/c1-14-16(19(20)24(3)22-14)12-25-11-8-17(18(26)13-25)23(2)10-7-15-6-4-5-9-21-15/h4-6,9,17-18,26H,7-8,10-13H2,1-3H3/t17-,18-/m1/s1. The van der Waals surface area contributed by atoms with E-state index in [0.29, 0.717) is 11.7 Å². The first-order valence-corrected chi connectivity index (χ1v) is 9.52. The molecule has 1 N–H and O–H groups in total. The molecule has 1 saturated heterocycles. The Morgan fingerprint density at radius 3 is 2.81 bits per heavy atom. The summed E-state index contributed by atoms with van der Waals surface area (Å²) < 4.78 is 1.71. The molecule has 3 rings (SSSR count). The molecule has 0 spiro atoms. The number of rotatable bonds is 6. The number of halogens is 1. The van der Waals surface area contributed by atoms with E-state index in [1.54, 1.807) is 4.68 Å². The Hall–Kier alpha value is -1.47. The SMILES string of the molecule is Cc1nn(C)c(Cl)c1CN1CC[C@@H](N(C)CCc2ccccn2)[C@H](O)C1. The number of likely N-dealkylation sites (tertiary alicyclic amines) is 1. The predicted molar refractivity (Wildman–Crippen MR) is 103 cm³/mol. The van der Waals surface area contributed by atoms with Gasteiger partial charge in [-0.3, -0.25) is 14.6 Å². The fourth-order valence-electron chi connectivity index (χ4n) is 3.72. The maximum absolute atomic E-state index is 10.7. The molecule has 7 heteroatoms. The van der Waals surface area contributed by atoms with Crippen LogP contribution in [-0.4, -0.2) is 68.5 Å². The topological polar surface area (TPSA) is 57.4 Å². The van der Waals surface area contributed by atoms with Crippen LogP contribution in [0.3, 0.4) is 0 Å². The highest BCUT2D eigenvalue weighted by Gasteiger charge is 2.31. The fraction of sp³-hybridized carbons (Fsp3) is 0.579. The second-order valence-corrected chi connectivity index (χ2v) is 7.55. The summed E-state index contributed by atoms with van der Waals surface area (Å²) in [6.45, 7) is 5.21. The minimum absolute atomic E-state index is 0.181. The number of aryl methyl sites for hydroxylation is 2. The lowest BCUT2D eigenvalue weighted by Gasteiger charge is -2.40. The van der Waals surface area contributed by atoms with Crippen LogP contribution in [0.5, 0.6) is 0 Å². The van der Waals surface area contributed by atoms with Crippen molar-refractivity contribution in [2.45, 2.75) is 38.5 Å². The molecule has 0 amide bonds. The van der Waals surface area contributed by atoms with Gasteiger partial charge in [0.25, 0.3) is 0 Å². The largest absolute Gasteiger partial charge is 0.390 e. The van der Waals surface area contributed by atoms with Gasteiger partial charge < -0.3 is 10.0 Å². The molecule has 1 aliphatic rings. The number of nitrogens with zero attached hydrogens (tertiary/aromatic N) is 5. The summed E-state index contributed by atoms with van der Waals surface area (Å²) in [5.41, 5.74) is 3.11. The minimum atomic E-state index is -0.367. The monoisotopic (exact) mass is 377 g/mol. The first-order valence-electron chi connectivity index (χ1n) is 9.14. The van der Waals surface area contributed by atoms with Gasteiger partial charge in [-0.2, -0.15) is 5.10 Å². The van der Waals surface area contributed by atoms with Gasteiger partial charge in [-0.05, 0) is 32.5 Å². The van der Waals surface area contributed by atoms with Gasteiger partial charge in [0.15, 0.2) is 0 Å². The quantitative estimate of drug-likeness (QED) is 0.833. The van der Waals surface area contributed by atoms with Crippen molar-refractivity contribution in [3.63, 3.8) is 0 Å². The predicted octanol–water partition coefficient (Wildman–Crippen LogP) is 1.89. The highest BCUT2D eigenvalue weighted by Crippen LogP contribution is 2.24. The Morgan fingerprint density at radius 2 is 2.19 bits per heavy atom. The first-order chi connectivity index (χ1) is 12.5. The highest BCUT2D eigenvalue weighted by atomic mass is 35.5. The fourth-order valence-corrected chi connectivity index (χ4v) is 3.96. The van der Waals surface area contributed by atoms with Crippen LogP contribution in [0.2, 0.25) is 5.15 Å². The Balaban J connectivity index is 1.53. The number of hydrogen-bond donors (Lipinski definition) is 1. The summed E-state index contributed by atoms with van der Waals surface area (Å²) in [6.07, 6.45) is 3.30. The summed E-state index contributed by atoms with van der Waals surface area (Å²) in [5.74, 6) is 0. The molecule has 0 unspecified atom stereocenters. The van der Waals surface area contributed by atoms with Crippen LogP contribution in [0.1, 0.15) is 23.4 Å². The lowest BCUT2D eigenvalue weighted by atomic mass is 9.99. The van der Waals surface area contributed by atoms with Gasteiger partial charge in [0.2, 0.25) is 0 Å². The van der Waals surface area contributed by atoms with E-state index in [1.807, 2.05) is 38.4 Å². The molecule has 2 atom stereocenters. The Morgan fingerprint density at radius 1 is 1.38 bits per heavy atom. The molecule has 3 heterocycles. The third-order valence-corrected chi connectivity index (χ3v) is 5.77. The van der Waals surface area contributed by atoms with Gasteiger partial charge >= 0.3 is 0 Å². The van der Waals surface area contributed by atoms with Crippen molar-refractivity contribution in [2.75, 3.05) is 26.7 Å².